The van der Waals surface area contributed by atoms with E-state index in [0.717, 1.165) is 31.2 Å². The summed E-state index contributed by atoms with van der Waals surface area (Å²) in [5.41, 5.74) is 0.769. The van der Waals surface area contributed by atoms with Crippen molar-refractivity contribution in [2.45, 2.75) is 50.6 Å². The summed E-state index contributed by atoms with van der Waals surface area (Å²) in [4.78, 5) is 34.9. The van der Waals surface area contributed by atoms with Crippen LogP contribution in [-0.2, 0) is 16.0 Å². The molecule has 8 nitrogen and oxygen atoms in total. The molecule has 0 radical (unpaired) electrons. The minimum Gasteiger partial charge on any atom is -0.352 e. The SMILES string of the molecule is O=C(NC1CC1)C1CCCN1C(=O)CCc1nc(-c2cccnc2)no1. The summed E-state index contributed by atoms with van der Waals surface area (Å²) in [6, 6.07) is 3.62. The average Bonchev–Trinajstić information content (AvgIpc) is 3.15. The van der Waals surface area contributed by atoms with Crippen LogP contribution in [0.4, 0.5) is 0 Å². The van der Waals surface area contributed by atoms with Crippen LogP contribution in [0.1, 0.15) is 38.0 Å². The summed E-state index contributed by atoms with van der Waals surface area (Å²) in [6.07, 6.45) is 7.63. The number of aryl methyl sites for hydroxylation is 1. The topological polar surface area (TPSA) is 101 Å². The number of aromatic nitrogens is 3. The number of nitrogens with one attached hydrogen (secondary N) is 1. The van der Waals surface area contributed by atoms with Gasteiger partial charge in [0.25, 0.3) is 0 Å². The van der Waals surface area contributed by atoms with Crippen molar-refractivity contribution in [1.29, 1.82) is 0 Å². The highest BCUT2D eigenvalue weighted by Gasteiger charge is 2.36. The summed E-state index contributed by atoms with van der Waals surface area (Å²) in [7, 11) is 0. The first-order chi connectivity index (χ1) is 12.7. The maximum Gasteiger partial charge on any atom is 0.243 e. The molecule has 1 atom stereocenters. The van der Waals surface area contributed by atoms with Gasteiger partial charge in [0.05, 0.1) is 0 Å². The minimum atomic E-state index is -0.336. The summed E-state index contributed by atoms with van der Waals surface area (Å²) in [5, 5.41) is 6.93. The lowest BCUT2D eigenvalue weighted by Gasteiger charge is -2.23. The van der Waals surface area contributed by atoms with E-state index >= 15 is 0 Å². The molecule has 136 valence electrons. The number of likely N-dealkylation sites (tertiary alicyclic amines) is 1. The molecule has 2 aliphatic rings. The highest BCUT2D eigenvalue weighted by Crippen LogP contribution is 2.23. The standard InChI is InChI=1S/C18H21N5O3/c24-16(23-10-2-4-14(23)18(25)20-13-5-6-13)8-7-15-21-17(22-26-15)12-3-1-9-19-11-12/h1,3,9,11,13-14H,2,4-8,10H2,(H,20,25). The molecular weight excluding hydrogens is 334 g/mol. The van der Waals surface area contributed by atoms with Crippen molar-refractivity contribution in [3.05, 3.63) is 30.4 Å². The normalized spacial score (nSPS) is 19.5. The Morgan fingerprint density at radius 3 is 2.96 bits per heavy atom. The molecule has 0 spiro atoms. The first-order valence-corrected chi connectivity index (χ1v) is 9.03. The molecule has 2 amide bonds. The molecule has 2 aromatic heterocycles. The number of nitrogens with zero attached hydrogens (tertiary/aromatic N) is 4. The molecule has 1 aliphatic heterocycles. The van der Waals surface area contributed by atoms with Crippen molar-refractivity contribution in [3.63, 3.8) is 0 Å². The third kappa shape index (κ3) is 3.74. The number of amides is 2. The van der Waals surface area contributed by atoms with Gasteiger partial charge in [-0.3, -0.25) is 14.6 Å². The number of pyridine rings is 1. The van der Waals surface area contributed by atoms with E-state index in [4.69, 9.17) is 4.52 Å². The van der Waals surface area contributed by atoms with Gasteiger partial charge in [-0.15, -0.1) is 0 Å². The largest absolute Gasteiger partial charge is 0.352 e. The van der Waals surface area contributed by atoms with E-state index in [1.807, 2.05) is 6.07 Å². The maximum atomic E-state index is 12.6. The quantitative estimate of drug-likeness (QED) is 0.839. The van der Waals surface area contributed by atoms with Gasteiger partial charge in [0.15, 0.2) is 0 Å². The predicted octanol–water partition coefficient (Wildman–Crippen LogP) is 1.33. The van der Waals surface area contributed by atoms with Crippen LogP contribution in [0, 0.1) is 0 Å². The Kier molecular flexibility index (Phi) is 4.64. The Morgan fingerprint density at radius 1 is 1.31 bits per heavy atom. The van der Waals surface area contributed by atoms with Gasteiger partial charge in [0.1, 0.15) is 6.04 Å². The zero-order valence-electron chi connectivity index (χ0n) is 14.4. The lowest BCUT2D eigenvalue weighted by atomic mass is 10.2. The molecule has 4 rings (SSSR count). The molecule has 3 heterocycles. The van der Waals surface area contributed by atoms with Gasteiger partial charge in [-0.1, -0.05) is 5.16 Å². The van der Waals surface area contributed by atoms with Crippen molar-refractivity contribution < 1.29 is 14.1 Å². The monoisotopic (exact) mass is 355 g/mol. The molecule has 1 N–H and O–H groups in total. The van der Waals surface area contributed by atoms with Crippen LogP contribution in [0.15, 0.2) is 29.0 Å². The van der Waals surface area contributed by atoms with Gasteiger partial charge in [-0.2, -0.15) is 4.98 Å². The fourth-order valence-electron chi connectivity index (χ4n) is 3.19. The van der Waals surface area contributed by atoms with Crippen molar-refractivity contribution in [2.75, 3.05) is 6.54 Å². The van der Waals surface area contributed by atoms with Crippen LogP contribution in [0.5, 0.6) is 0 Å². The van der Waals surface area contributed by atoms with Gasteiger partial charge < -0.3 is 14.7 Å². The van der Waals surface area contributed by atoms with E-state index in [1.165, 1.54) is 0 Å². The van der Waals surface area contributed by atoms with E-state index in [1.54, 1.807) is 23.4 Å². The van der Waals surface area contributed by atoms with Crippen LogP contribution in [0.25, 0.3) is 11.4 Å². The summed E-state index contributed by atoms with van der Waals surface area (Å²) in [6.45, 7) is 0.631. The zero-order chi connectivity index (χ0) is 17.9. The van der Waals surface area contributed by atoms with E-state index in [2.05, 4.69) is 20.4 Å². The Labute approximate surface area is 151 Å². The molecule has 2 aromatic rings. The summed E-state index contributed by atoms with van der Waals surface area (Å²) < 4.78 is 5.23. The molecule has 8 heteroatoms. The molecule has 0 bridgehead atoms. The molecule has 1 saturated carbocycles. The summed E-state index contributed by atoms with van der Waals surface area (Å²) in [5.74, 6) is 0.813. The Hall–Kier alpha value is -2.77. The first kappa shape index (κ1) is 16.7. The second-order valence-corrected chi connectivity index (χ2v) is 6.78. The Bertz CT molecular complexity index is 787. The van der Waals surface area contributed by atoms with E-state index < -0.39 is 0 Å². The smallest absolute Gasteiger partial charge is 0.243 e. The van der Waals surface area contributed by atoms with Crippen molar-refractivity contribution in [2.24, 2.45) is 0 Å². The molecule has 26 heavy (non-hydrogen) atoms. The van der Waals surface area contributed by atoms with Gasteiger partial charge >= 0.3 is 0 Å². The van der Waals surface area contributed by atoms with Crippen LogP contribution >= 0.6 is 0 Å². The first-order valence-electron chi connectivity index (χ1n) is 9.03. The van der Waals surface area contributed by atoms with Gasteiger partial charge in [-0.25, -0.2) is 0 Å². The molecule has 1 aliphatic carbocycles. The lowest BCUT2D eigenvalue weighted by molar-refractivity contribution is -0.138. The number of rotatable bonds is 6. The maximum absolute atomic E-state index is 12.6. The Balaban J connectivity index is 1.33. The van der Waals surface area contributed by atoms with Crippen LogP contribution in [0.2, 0.25) is 0 Å². The van der Waals surface area contributed by atoms with Crippen LogP contribution < -0.4 is 5.32 Å². The van der Waals surface area contributed by atoms with E-state index in [-0.39, 0.29) is 24.3 Å². The second kappa shape index (κ2) is 7.23. The molecule has 1 unspecified atom stereocenters. The van der Waals surface area contributed by atoms with Crippen molar-refractivity contribution >= 4 is 11.8 Å². The number of hydrogen-bond acceptors (Lipinski definition) is 6. The van der Waals surface area contributed by atoms with Crippen LogP contribution in [0.3, 0.4) is 0 Å². The summed E-state index contributed by atoms with van der Waals surface area (Å²) >= 11 is 0. The molecule has 1 saturated heterocycles. The fourth-order valence-corrected chi connectivity index (χ4v) is 3.19. The van der Waals surface area contributed by atoms with Crippen LogP contribution in [-0.4, -0.2) is 50.5 Å². The van der Waals surface area contributed by atoms with E-state index in [9.17, 15) is 9.59 Å². The highest BCUT2D eigenvalue weighted by atomic mass is 16.5. The highest BCUT2D eigenvalue weighted by molar-refractivity contribution is 5.88. The number of carbonyl (C=O) groups excluding carboxylic acids is 2. The Morgan fingerprint density at radius 2 is 2.19 bits per heavy atom. The minimum absolute atomic E-state index is 0.0185. The van der Waals surface area contributed by atoms with Gasteiger partial charge in [-0.05, 0) is 37.8 Å². The average molecular weight is 355 g/mol. The number of hydrogen-bond donors (Lipinski definition) is 1. The second-order valence-electron chi connectivity index (χ2n) is 6.78. The zero-order valence-corrected chi connectivity index (χ0v) is 14.4. The molecule has 0 aromatic carbocycles. The fraction of sp³-hybridized carbons (Fsp3) is 0.500. The van der Waals surface area contributed by atoms with Crippen molar-refractivity contribution in [3.8, 4) is 11.4 Å². The molecule has 2 fully saturated rings. The van der Waals surface area contributed by atoms with Gasteiger partial charge in [0, 0.05) is 43.4 Å². The number of carbonyl (C=O) groups is 2. The van der Waals surface area contributed by atoms with Crippen molar-refractivity contribution in [1.82, 2.24) is 25.3 Å². The van der Waals surface area contributed by atoms with Gasteiger partial charge in [0.2, 0.25) is 23.5 Å². The third-order valence-electron chi connectivity index (χ3n) is 4.74. The lowest BCUT2D eigenvalue weighted by Crippen LogP contribution is -2.46. The van der Waals surface area contributed by atoms with E-state index in [0.29, 0.717) is 30.7 Å². The third-order valence-corrected chi connectivity index (χ3v) is 4.74. The predicted molar refractivity (Wildman–Crippen MR) is 91.7 cm³/mol. The molecular formula is C18H21N5O3.